The summed E-state index contributed by atoms with van der Waals surface area (Å²) in [5, 5.41) is 0. The molecule has 0 N–H and O–H groups in total. The van der Waals surface area contributed by atoms with Crippen molar-refractivity contribution in [2.75, 3.05) is 26.2 Å². The first kappa shape index (κ1) is 8.11. The SMILES string of the molecule is ClC(C(Cl)N1CC1)N1CCC1. The van der Waals surface area contributed by atoms with Crippen LogP contribution in [0.15, 0.2) is 0 Å². The van der Waals surface area contributed by atoms with Crippen molar-refractivity contribution in [3.8, 4) is 0 Å². The minimum absolute atomic E-state index is 0.0212. The summed E-state index contributed by atoms with van der Waals surface area (Å²) >= 11 is 12.2. The third-order valence-electron chi connectivity index (χ3n) is 2.30. The van der Waals surface area contributed by atoms with Gasteiger partial charge in [0.05, 0.1) is 0 Å². The molecule has 0 aromatic heterocycles. The Morgan fingerprint density at radius 1 is 0.818 bits per heavy atom. The standard InChI is InChI=1S/C7H12Cl2N2/c8-6(10-2-1-3-10)7(9)11-4-5-11/h6-7H,1-5H2. The van der Waals surface area contributed by atoms with E-state index in [1.807, 2.05) is 0 Å². The van der Waals surface area contributed by atoms with Crippen molar-refractivity contribution in [1.29, 1.82) is 0 Å². The van der Waals surface area contributed by atoms with Gasteiger partial charge in [0.25, 0.3) is 0 Å². The van der Waals surface area contributed by atoms with Gasteiger partial charge in [-0.1, -0.05) is 0 Å². The fraction of sp³-hybridized carbons (Fsp3) is 1.00. The minimum Gasteiger partial charge on any atom is -0.285 e. The maximum Gasteiger partial charge on any atom is 0.115 e. The first-order valence-electron chi connectivity index (χ1n) is 4.05. The molecule has 0 radical (unpaired) electrons. The Morgan fingerprint density at radius 2 is 1.27 bits per heavy atom. The Hall–Kier alpha value is 0.500. The highest BCUT2D eigenvalue weighted by atomic mass is 35.5. The van der Waals surface area contributed by atoms with Gasteiger partial charge in [0.2, 0.25) is 0 Å². The summed E-state index contributed by atoms with van der Waals surface area (Å²) in [5.41, 5.74) is 0.0462. The van der Waals surface area contributed by atoms with Crippen LogP contribution in [-0.4, -0.2) is 47.0 Å². The Labute approximate surface area is 77.0 Å². The highest BCUT2D eigenvalue weighted by Gasteiger charge is 2.36. The number of halogens is 2. The van der Waals surface area contributed by atoms with Crippen LogP contribution in [0.4, 0.5) is 0 Å². The second kappa shape index (κ2) is 3.09. The van der Waals surface area contributed by atoms with Gasteiger partial charge in [0, 0.05) is 26.2 Å². The molecule has 0 spiro atoms. The fourth-order valence-electron chi connectivity index (χ4n) is 1.24. The number of likely N-dealkylation sites (tertiary alicyclic amines) is 1. The number of alkyl halides is 2. The van der Waals surface area contributed by atoms with Crippen LogP contribution >= 0.6 is 23.2 Å². The van der Waals surface area contributed by atoms with E-state index >= 15 is 0 Å². The van der Waals surface area contributed by atoms with Gasteiger partial charge in [0.15, 0.2) is 0 Å². The molecule has 2 unspecified atom stereocenters. The van der Waals surface area contributed by atoms with Crippen LogP contribution in [0.5, 0.6) is 0 Å². The van der Waals surface area contributed by atoms with Gasteiger partial charge in [0.1, 0.15) is 11.0 Å². The van der Waals surface area contributed by atoms with Crippen molar-refractivity contribution in [2.45, 2.75) is 17.4 Å². The van der Waals surface area contributed by atoms with Crippen molar-refractivity contribution in [3.63, 3.8) is 0 Å². The van der Waals surface area contributed by atoms with Crippen molar-refractivity contribution < 1.29 is 0 Å². The zero-order valence-corrected chi connectivity index (χ0v) is 7.85. The molecule has 0 bridgehead atoms. The topological polar surface area (TPSA) is 6.25 Å². The van der Waals surface area contributed by atoms with Gasteiger partial charge in [-0.2, -0.15) is 0 Å². The van der Waals surface area contributed by atoms with Crippen molar-refractivity contribution >= 4 is 23.2 Å². The van der Waals surface area contributed by atoms with E-state index < -0.39 is 0 Å². The van der Waals surface area contributed by atoms with Crippen LogP contribution in [0.3, 0.4) is 0 Å². The molecular formula is C7H12Cl2N2. The zero-order chi connectivity index (χ0) is 7.84. The highest BCUT2D eigenvalue weighted by Crippen LogP contribution is 2.26. The predicted octanol–water partition coefficient (Wildman–Crippen LogP) is 1.14. The molecule has 11 heavy (non-hydrogen) atoms. The quantitative estimate of drug-likeness (QED) is 0.378. The second-order valence-electron chi connectivity index (χ2n) is 3.17. The summed E-state index contributed by atoms with van der Waals surface area (Å²) in [5.74, 6) is 0. The van der Waals surface area contributed by atoms with Crippen LogP contribution in [0.25, 0.3) is 0 Å². The second-order valence-corrected chi connectivity index (χ2v) is 4.07. The number of rotatable bonds is 3. The molecule has 0 saturated carbocycles. The smallest absolute Gasteiger partial charge is 0.115 e. The maximum absolute atomic E-state index is 6.12. The van der Waals surface area contributed by atoms with Crippen LogP contribution in [0, 0.1) is 0 Å². The molecular weight excluding hydrogens is 183 g/mol. The first-order chi connectivity index (χ1) is 5.29. The molecule has 2 rings (SSSR count). The summed E-state index contributed by atoms with van der Waals surface area (Å²) in [6, 6.07) is 0. The van der Waals surface area contributed by atoms with E-state index in [0.717, 1.165) is 26.2 Å². The summed E-state index contributed by atoms with van der Waals surface area (Å²) in [6.07, 6.45) is 1.27. The van der Waals surface area contributed by atoms with Crippen LogP contribution in [-0.2, 0) is 0 Å². The fourth-order valence-corrected chi connectivity index (χ4v) is 1.95. The van der Waals surface area contributed by atoms with Crippen molar-refractivity contribution in [2.24, 2.45) is 0 Å². The number of hydrogen-bond donors (Lipinski definition) is 0. The Bertz CT molecular complexity index is 145. The molecule has 64 valence electrons. The molecule has 2 aliphatic rings. The largest absolute Gasteiger partial charge is 0.285 e. The van der Waals surface area contributed by atoms with Gasteiger partial charge in [-0.25, -0.2) is 0 Å². The van der Waals surface area contributed by atoms with Crippen molar-refractivity contribution in [3.05, 3.63) is 0 Å². The first-order valence-corrected chi connectivity index (χ1v) is 4.92. The van der Waals surface area contributed by atoms with E-state index in [1.165, 1.54) is 6.42 Å². The molecule has 2 fully saturated rings. The lowest BCUT2D eigenvalue weighted by Crippen LogP contribution is -2.48. The van der Waals surface area contributed by atoms with Crippen LogP contribution in [0.1, 0.15) is 6.42 Å². The number of hydrogen-bond acceptors (Lipinski definition) is 2. The van der Waals surface area contributed by atoms with Crippen LogP contribution in [0.2, 0.25) is 0 Å². The van der Waals surface area contributed by atoms with Crippen LogP contribution < -0.4 is 0 Å². The lowest BCUT2D eigenvalue weighted by Gasteiger charge is -2.37. The van der Waals surface area contributed by atoms with E-state index in [1.54, 1.807) is 0 Å². The molecule has 0 amide bonds. The van der Waals surface area contributed by atoms with Gasteiger partial charge < -0.3 is 0 Å². The summed E-state index contributed by atoms with van der Waals surface area (Å²) in [6.45, 7) is 4.47. The molecule has 2 nitrogen and oxygen atoms in total. The van der Waals surface area contributed by atoms with E-state index in [2.05, 4.69) is 9.80 Å². The molecule has 0 aliphatic carbocycles. The van der Waals surface area contributed by atoms with Gasteiger partial charge in [-0.05, 0) is 6.42 Å². The lowest BCUT2D eigenvalue weighted by atomic mass is 10.2. The lowest BCUT2D eigenvalue weighted by molar-refractivity contribution is 0.142. The molecule has 2 aliphatic heterocycles. The third kappa shape index (κ3) is 1.64. The summed E-state index contributed by atoms with van der Waals surface area (Å²) < 4.78 is 0. The van der Waals surface area contributed by atoms with E-state index in [4.69, 9.17) is 23.2 Å². The van der Waals surface area contributed by atoms with E-state index in [0.29, 0.717) is 0 Å². The molecule has 2 heterocycles. The van der Waals surface area contributed by atoms with Gasteiger partial charge in [-0.3, -0.25) is 9.80 Å². The van der Waals surface area contributed by atoms with E-state index in [-0.39, 0.29) is 11.0 Å². The molecule has 4 heteroatoms. The molecule has 0 aromatic rings. The molecule has 2 saturated heterocycles. The average molecular weight is 195 g/mol. The van der Waals surface area contributed by atoms with Gasteiger partial charge >= 0.3 is 0 Å². The molecule has 0 aromatic carbocycles. The van der Waals surface area contributed by atoms with Gasteiger partial charge in [-0.15, -0.1) is 23.2 Å². The monoisotopic (exact) mass is 194 g/mol. The average Bonchev–Trinajstić information content (AvgIpc) is 2.62. The summed E-state index contributed by atoms with van der Waals surface area (Å²) in [7, 11) is 0. The summed E-state index contributed by atoms with van der Waals surface area (Å²) in [4.78, 5) is 4.40. The highest BCUT2D eigenvalue weighted by molar-refractivity contribution is 6.29. The molecule has 2 atom stereocenters. The Kier molecular flexibility index (Phi) is 2.28. The predicted molar refractivity (Wildman–Crippen MR) is 47.0 cm³/mol. The Balaban J connectivity index is 1.81. The van der Waals surface area contributed by atoms with E-state index in [9.17, 15) is 0 Å². The maximum atomic E-state index is 6.12. The van der Waals surface area contributed by atoms with Crippen molar-refractivity contribution in [1.82, 2.24) is 9.80 Å². The Morgan fingerprint density at radius 3 is 1.55 bits per heavy atom. The third-order valence-corrected chi connectivity index (χ3v) is 3.46. The number of nitrogens with zero attached hydrogens (tertiary/aromatic N) is 2. The zero-order valence-electron chi connectivity index (χ0n) is 6.34. The normalized spacial score (nSPS) is 31.1. The minimum atomic E-state index is 0.0212.